The summed E-state index contributed by atoms with van der Waals surface area (Å²) in [5.41, 5.74) is 2.49. The number of thioether (sulfide) groups is 1. The molecule has 1 aliphatic heterocycles. The van der Waals surface area contributed by atoms with Crippen LogP contribution in [0.15, 0.2) is 90.1 Å². The molecule has 2 heterocycles. The smallest absolute Gasteiger partial charge is 0.261 e. The van der Waals surface area contributed by atoms with Gasteiger partial charge in [-0.3, -0.25) is 4.84 Å². The quantitative estimate of drug-likeness (QED) is 0.664. The first kappa shape index (κ1) is 13.4. The standard InChI is InChI=1S/C19H16NOS/c1-3-9-15(10-4-1)18-19(16-11-5-2-6-12-16)22-17-13-7-8-14-20(17)21-18/h1-14,18-19H/q+1/t18-,19-/m0/s1. The molecule has 0 saturated carbocycles. The summed E-state index contributed by atoms with van der Waals surface area (Å²) >= 11 is 1.85. The van der Waals surface area contributed by atoms with Gasteiger partial charge in [-0.15, -0.1) is 0 Å². The average molecular weight is 306 g/mol. The van der Waals surface area contributed by atoms with Crippen LogP contribution in [0.25, 0.3) is 0 Å². The Morgan fingerprint density at radius 3 is 2.09 bits per heavy atom. The largest absolute Gasteiger partial charge is 0.291 e. The molecule has 0 bridgehead atoms. The molecule has 0 spiro atoms. The number of hydrogen-bond donors (Lipinski definition) is 0. The molecule has 2 atom stereocenters. The second kappa shape index (κ2) is 5.85. The van der Waals surface area contributed by atoms with Crippen molar-refractivity contribution >= 4 is 11.8 Å². The Morgan fingerprint density at radius 1 is 0.727 bits per heavy atom. The van der Waals surface area contributed by atoms with Crippen LogP contribution in [0.5, 0.6) is 0 Å². The van der Waals surface area contributed by atoms with Gasteiger partial charge >= 0.3 is 0 Å². The van der Waals surface area contributed by atoms with Crippen LogP contribution in [0.4, 0.5) is 0 Å². The zero-order valence-corrected chi connectivity index (χ0v) is 12.8. The van der Waals surface area contributed by atoms with Gasteiger partial charge in [-0.1, -0.05) is 60.7 Å². The van der Waals surface area contributed by atoms with E-state index in [1.54, 1.807) is 0 Å². The highest BCUT2D eigenvalue weighted by Gasteiger charge is 2.38. The fourth-order valence-electron chi connectivity index (χ4n) is 2.72. The summed E-state index contributed by atoms with van der Waals surface area (Å²) in [6.45, 7) is 0. The molecular formula is C19H16NOS+. The average Bonchev–Trinajstić information content (AvgIpc) is 2.62. The molecule has 3 aromatic rings. The summed E-state index contributed by atoms with van der Waals surface area (Å²) < 4.78 is 1.88. The molecule has 0 fully saturated rings. The lowest BCUT2D eigenvalue weighted by atomic mass is 10.0. The summed E-state index contributed by atoms with van der Waals surface area (Å²) in [6, 6.07) is 27.2. The molecule has 0 N–H and O–H groups in total. The highest BCUT2D eigenvalue weighted by atomic mass is 32.2. The zero-order chi connectivity index (χ0) is 14.8. The SMILES string of the molecule is c1ccc([C@@H]2O[n+]3ccccc3S[C@H]2c2ccccc2)cc1. The highest BCUT2D eigenvalue weighted by molar-refractivity contribution is 7.99. The molecule has 0 unspecified atom stereocenters. The predicted molar refractivity (Wildman–Crippen MR) is 87.4 cm³/mol. The fourth-order valence-corrected chi connectivity index (χ4v) is 3.97. The van der Waals surface area contributed by atoms with Crippen LogP contribution in [0, 0.1) is 0 Å². The summed E-state index contributed by atoms with van der Waals surface area (Å²) in [7, 11) is 0. The van der Waals surface area contributed by atoms with Gasteiger partial charge in [0.25, 0.3) is 5.03 Å². The minimum absolute atomic E-state index is 0.00602. The Morgan fingerprint density at radius 2 is 1.36 bits per heavy atom. The van der Waals surface area contributed by atoms with Crippen molar-refractivity contribution < 1.29 is 9.57 Å². The number of hydrogen-bond acceptors (Lipinski definition) is 2. The Bertz CT molecular complexity index is 694. The third-order valence-corrected chi connectivity index (χ3v) is 5.13. The summed E-state index contributed by atoms with van der Waals surface area (Å²) in [5, 5.41) is 1.37. The molecule has 22 heavy (non-hydrogen) atoms. The minimum atomic E-state index is -0.00602. The summed E-state index contributed by atoms with van der Waals surface area (Å²) in [5.74, 6) is 0. The Balaban J connectivity index is 1.79. The first-order valence-corrected chi connectivity index (χ1v) is 8.24. The maximum absolute atomic E-state index is 6.28. The van der Waals surface area contributed by atoms with E-state index in [4.69, 9.17) is 4.84 Å². The van der Waals surface area contributed by atoms with Gasteiger partial charge in [-0.2, -0.15) is 0 Å². The topological polar surface area (TPSA) is 13.1 Å². The van der Waals surface area contributed by atoms with Crippen LogP contribution in [0.2, 0.25) is 0 Å². The maximum Gasteiger partial charge on any atom is 0.291 e. The lowest BCUT2D eigenvalue weighted by Gasteiger charge is -2.27. The summed E-state index contributed by atoms with van der Waals surface area (Å²) in [6.07, 6.45) is 1.97. The van der Waals surface area contributed by atoms with E-state index in [-0.39, 0.29) is 11.4 Å². The molecule has 0 aliphatic carbocycles. The van der Waals surface area contributed by atoms with Gasteiger partial charge < -0.3 is 0 Å². The van der Waals surface area contributed by atoms with Crippen LogP contribution in [0.1, 0.15) is 22.5 Å². The van der Waals surface area contributed by atoms with E-state index in [1.165, 1.54) is 11.1 Å². The van der Waals surface area contributed by atoms with Crippen molar-refractivity contribution in [3.05, 3.63) is 96.2 Å². The molecule has 4 rings (SSSR count). The minimum Gasteiger partial charge on any atom is -0.261 e. The van der Waals surface area contributed by atoms with E-state index in [0.717, 1.165) is 5.03 Å². The highest BCUT2D eigenvalue weighted by Crippen LogP contribution is 2.45. The third-order valence-electron chi connectivity index (χ3n) is 3.79. The summed E-state index contributed by atoms with van der Waals surface area (Å²) in [4.78, 5) is 6.28. The number of benzene rings is 2. The van der Waals surface area contributed by atoms with Gasteiger partial charge in [-0.25, -0.2) is 0 Å². The normalized spacial score (nSPS) is 20.0. The molecule has 0 radical (unpaired) electrons. The van der Waals surface area contributed by atoms with Crippen molar-refractivity contribution in [2.24, 2.45) is 0 Å². The van der Waals surface area contributed by atoms with E-state index < -0.39 is 0 Å². The first-order chi connectivity index (χ1) is 10.9. The molecule has 0 amide bonds. The van der Waals surface area contributed by atoms with Crippen LogP contribution < -0.4 is 9.57 Å². The van der Waals surface area contributed by atoms with Crippen molar-refractivity contribution in [3.63, 3.8) is 0 Å². The monoisotopic (exact) mass is 306 g/mol. The number of pyridine rings is 1. The van der Waals surface area contributed by atoms with E-state index in [2.05, 4.69) is 60.7 Å². The fraction of sp³-hybridized carbons (Fsp3) is 0.105. The number of nitrogens with zero attached hydrogens (tertiary/aromatic N) is 1. The molecule has 1 aliphatic rings. The van der Waals surface area contributed by atoms with Crippen LogP contribution in [-0.2, 0) is 0 Å². The van der Waals surface area contributed by atoms with E-state index in [1.807, 2.05) is 40.9 Å². The molecule has 1 aromatic heterocycles. The second-order valence-corrected chi connectivity index (χ2v) is 6.41. The Labute approximate surface area is 134 Å². The molecule has 108 valence electrons. The lowest BCUT2D eigenvalue weighted by molar-refractivity contribution is -0.930. The molecule has 3 heteroatoms. The van der Waals surface area contributed by atoms with Gasteiger partial charge in [-0.05, 0) is 23.4 Å². The van der Waals surface area contributed by atoms with Gasteiger partial charge in [0.1, 0.15) is 0 Å². The molecule has 2 aromatic carbocycles. The van der Waals surface area contributed by atoms with Crippen molar-refractivity contribution in [2.45, 2.75) is 16.4 Å². The van der Waals surface area contributed by atoms with Crippen molar-refractivity contribution in [3.8, 4) is 0 Å². The van der Waals surface area contributed by atoms with Gasteiger partial charge in [0.2, 0.25) is 12.3 Å². The molecular weight excluding hydrogens is 290 g/mol. The third kappa shape index (κ3) is 2.48. The van der Waals surface area contributed by atoms with Crippen LogP contribution >= 0.6 is 11.8 Å². The Hall–Kier alpha value is -2.26. The molecule has 0 saturated heterocycles. The van der Waals surface area contributed by atoms with Gasteiger partial charge in [0, 0.05) is 22.4 Å². The van der Waals surface area contributed by atoms with Crippen LogP contribution in [-0.4, -0.2) is 0 Å². The number of rotatable bonds is 2. The molecule has 2 nitrogen and oxygen atoms in total. The lowest BCUT2D eigenvalue weighted by Crippen LogP contribution is -2.50. The van der Waals surface area contributed by atoms with Crippen molar-refractivity contribution in [1.82, 2.24) is 0 Å². The Kier molecular flexibility index (Phi) is 3.57. The van der Waals surface area contributed by atoms with Gasteiger partial charge in [0.15, 0.2) is 0 Å². The van der Waals surface area contributed by atoms with Crippen molar-refractivity contribution in [2.75, 3.05) is 0 Å². The second-order valence-electron chi connectivity index (χ2n) is 5.25. The van der Waals surface area contributed by atoms with E-state index >= 15 is 0 Å². The van der Waals surface area contributed by atoms with Crippen molar-refractivity contribution in [1.29, 1.82) is 0 Å². The van der Waals surface area contributed by atoms with E-state index in [0.29, 0.717) is 0 Å². The zero-order valence-electron chi connectivity index (χ0n) is 12.0. The first-order valence-electron chi connectivity index (χ1n) is 7.36. The number of aromatic nitrogens is 1. The number of fused-ring (bicyclic) bond motifs is 1. The van der Waals surface area contributed by atoms with E-state index in [9.17, 15) is 0 Å². The van der Waals surface area contributed by atoms with Gasteiger partial charge in [0.05, 0.1) is 5.25 Å². The van der Waals surface area contributed by atoms with Crippen LogP contribution in [0.3, 0.4) is 0 Å². The predicted octanol–water partition coefficient (Wildman–Crippen LogP) is 3.99. The maximum atomic E-state index is 6.28.